The van der Waals surface area contributed by atoms with Crippen LogP contribution in [0.5, 0.6) is 0 Å². The maximum Gasteiger partial charge on any atom is 0.469 e. The number of hydroxylamine groups is 2. The van der Waals surface area contributed by atoms with Crippen LogP contribution in [0.3, 0.4) is 0 Å². The van der Waals surface area contributed by atoms with Crippen LogP contribution in [0.4, 0.5) is 0 Å². The van der Waals surface area contributed by atoms with Gasteiger partial charge in [0.05, 0.1) is 11.6 Å². The van der Waals surface area contributed by atoms with E-state index in [2.05, 4.69) is 0 Å². The van der Waals surface area contributed by atoms with E-state index in [1.807, 2.05) is 13.8 Å². The molecule has 1 unspecified atom stereocenters. The lowest BCUT2D eigenvalue weighted by Crippen LogP contribution is -2.63. The summed E-state index contributed by atoms with van der Waals surface area (Å²) in [6, 6.07) is 0. The second kappa shape index (κ2) is 4.05. The fraction of sp³-hybridized carbons (Fsp3) is 1.00. The van der Waals surface area contributed by atoms with Gasteiger partial charge in [0.2, 0.25) is 0 Å². The zero-order valence-electron chi connectivity index (χ0n) is 10.0. The number of nitrogens with zero attached hydrogens (tertiary/aromatic N) is 1. The summed E-state index contributed by atoms with van der Waals surface area (Å²) >= 11 is 0. The highest BCUT2D eigenvalue weighted by molar-refractivity contribution is 7.46. The first-order valence-electron chi connectivity index (χ1n) is 5.20. The van der Waals surface area contributed by atoms with Crippen molar-refractivity contribution >= 4 is 7.82 Å². The first kappa shape index (κ1) is 14.1. The predicted octanol–water partition coefficient (Wildman–Crippen LogP) is 1.51. The largest absolute Gasteiger partial charge is 0.469 e. The number of hydrogen-bond acceptors (Lipinski definition) is 4. The van der Waals surface area contributed by atoms with Gasteiger partial charge >= 0.3 is 7.82 Å². The molecule has 1 heterocycles. The molecule has 0 aromatic rings. The van der Waals surface area contributed by atoms with Gasteiger partial charge in [-0.25, -0.2) is 4.57 Å². The topological polar surface area (TPSA) is 90.2 Å². The number of hydrogen-bond donors (Lipinski definition) is 3. The second-order valence-corrected chi connectivity index (χ2v) is 6.59. The molecule has 1 saturated heterocycles. The quantitative estimate of drug-likeness (QED) is 0.646. The third-order valence-corrected chi connectivity index (χ3v) is 3.72. The van der Waals surface area contributed by atoms with Crippen LogP contribution < -0.4 is 0 Å². The Kier molecular flexibility index (Phi) is 3.57. The van der Waals surface area contributed by atoms with E-state index in [9.17, 15) is 9.77 Å². The highest BCUT2D eigenvalue weighted by atomic mass is 31.2. The molecule has 0 spiro atoms. The Balaban J connectivity index is 2.88. The number of rotatable bonds is 2. The SMILES string of the molecule is CC1(C)CCC(OP(=O)(O)O)C(C)(C)N1O. The minimum atomic E-state index is -4.52. The Morgan fingerprint density at radius 1 is 1.31 bits per heavy atom. The first-order valence-corrected chi connectivity index (χ1v) is 6.73. The van der Waals surface area contributed by atoms with Gasteiger partial charge in [-0.1, -0.05) is 0 Å². The van der Waals surface area contributed by atoms with Gasteiger partial charge in [-0.15, -0.1) is 0 Å². The van der Waals surface area contributed by atoms with E-state index < -0.39 is 25.0 Å². The summed E-state index contributed by atoms with van der Waals surface area (Å²) < 4.78 is 15.5. The lowest BCUT2D eigenvalue weighted by Gasteiger charge is -2.52. The van der Waals surface area contributed by atoms with Crippen molar-refractivity contribution in [3.05, 3.63) is 0 Å². The molecular formula is C9H20NO5P. The van der Waals surface area contributed by atoms with Crippen LogP contribution in [0.25, 0.3) is 0 Å². The maximum absolute atomic E-state index is 10.8. The molecule has 1 aliphatic heterocycles. The van der Waals surface area contributed by atoms with E-state index in [0.29, 0.717) is 12.8 Å². The molecule has 6 nitrogen and oxygen atoms in total. The molecule has 3 N–H and O–H groups in total. The highest BCUT2D eigenvalue weighted by Gasteiger charge is 2.49. The molecule has 0 amide bonds. The second-order valence-electron chi connectivity index (χ2n) is 5.40. The molecule has 1 aliphatic rings. The minimum Gasteiger partial charge on any atom is -0.313 e. The van der Waals surface area contributed by atoms with Crippen LogP contribution >= 0.6 is 7.82 Å². The van der Waals surface area contributed by atoms with Gasteiger partial charge in [0.1, 0.15) is 0 Å². The standard InChI is InChI=1S/C9H20NO5P/c1-8(2)6-5-7(15-16(12,13)14)9(3,4)10(8)11/h7,11H,5-6H2,1-4H3,(H2,12,13,14). The van der Waals surface area contributed by atoms with Crippen molar-refractivity contribution in [1.29, 1.82) is 0 Å². The van der Waals surface area contributed by atoms with Crippen molar-refractivity contribution in [2.45, 2.75) is 57.7 Å². The normalized spacial score (nSPS) is 30.3. The zero-order valence-corrected chi connectivity index (χ0v) is 10.9. The Hall–Kier alpha value is 0.0300. The molecule has 96 valence electrons. The van der Waals surface area contributed by atoms with E-state index in [4.69, 9.17) is 14.3 Å². The summed E-state index contributed by atoms with van der Waals surface area (Å²) in [5.74, 6) is 0. The van der Waals surface area contributed by atoms with Crippen LogP contribution in [0, 0.1) is 0 Å². The number of phosphoric ester groups is 1. The fourth-order valence-corrected chi connectivity index (χ4v) is 2.90. The van der Waals surface area contributed by atoms with E-state index in [1.54, 1.807) is 13.8 Å². The fourth-order valence-electron chi connectivity index (χ4n) is 2.21. The zero-order chi connectivity index (χ0) is 12.8. The lowest BCUT2D eigenvalue weighted by molar-refractivity contribution is -0.267. The molecule has 0 aromatic heterocycles. The van der Waals surface area contributed by atoms with Crippen LogP contribution in [-0.4, -0.2) is 37.2 Å². The van der Waals surface area contributed by atoms with Gasteiger partial charge in [0.15, 0.2) is 0 Å². The summed E-state index contributed by atoms with van der Waals surface area (Å²) in [7, 11) is -4.52. The Labute approximate surface area is 95.4 Å². The van der Waals surface area contributed by atoms with Gasteiger partial charge in [0, 0.05) is 5.54 Å². The van der Waals surface area contributed by atoms with E-state index in [-0.39, 0.29) is 0 Å². The van der Waals surface area contributed by atoms with Crippen molar-refractivity contribution in [3.8, 4) is 0 Å². The van der Waals surface area contributed by atoms with Crippen LogP contribution in [-0.2, 0) is 9.09 Å². The van der Waals surface area contributed by atoms with Crippen molar-refractivity contribution in [3.63, 3.8) is 0 Å². The molecule has 16 heavy (non-hydrogen) atoms. The molecule has 0 radical (unpaired) electrons. The maximum atomic E-state index is 10.8. The smallest absolute Gasteiger partial charge is 0.313 e. The van der Waals surface area contributed by atoms with Crippen LogP contribution in [0.15, 0.2) is 0 Å². The minimum absolute atomic E-state index is 0.418. The predicted molar refractivity (Wildman–Crippen MR) is 57.9 cm³/mol. The lowest BCUT2D eigenvalue weighted by atomic mass is 9.80. The summed E-state index contributed by atoms with van der Waals surface area (Å²) in [5, 5.41) is 11.2. The van der Waals surface area contributed by atoms with Crippen molar-refractivity contribution in [1.82, 2.24) is 5.06 Å². The monoisotopic (exact) mass is 253 g/mol. The van der Waals surface area contributed by atoms with E-state index in [1.165, 1.54) is 0 Å². The summed E-state index contributed by atoms with van der Waals surface area (Å²) in [5.41, 5.74) is -1.25. The molecule has 1 rings (SSSR count). The first-order chi connectivity index (χ1) is 6.97. The van der Waals surface area contributed by atoms with Crippen LogP contribution in [0.1, 0.15) is 40.5 Å². The van der Waals surface area contributed by atoms with Gasteiger partial charge in [-0.3, -0.25) is 4.52 Å². The molecule has 0 aromatic carbocycles. The average Bonchev–Trinajstić information content (AvgIpc) is 2.06. The molecule has 1 fully saturated rings. The van der Waals surface area contributed by atoms with Crippen molar-refractivity contribution in [2.75, 3.05) is 0 Å². The van der Waals surface area contributed by atoms with E-state index in [0.717, 1.165) is 5.06 Å². The molecule has 7 heteroatoms. The van der Waals surface area contributed by atoms with Crippen molar-refractivity contribution in [2.24, 2.45) is 0 Å². The Morgan fingerprint density at radius 2 is 1.81 bits per heavy atom. The summed E-state index contributed by atoms with van der Waals surface area (Å²) in [6.45, 7) is 7.16. The van der Waals surface area contributed by atoms with Crippen molar-refractivity contribution < 1.29 is 24.1 Å². The van der Waals surface area contributed by atoms with E-state index >= 15 is 0 Å². The molecule has 0 saturated carbocycles. The van der Waals surface area contributed by atoms with Gasteiger partial charge in [-0.2, -0.15) is 5.06 Å². The Bertz CT molecular complexity index is 311. The molecule has 1 atom stereocenters. The number of piperidine rings is 1. The molecule has 0 bridgehead atoms. The van der Waals surface area contributed by atoms with Gasteiger partial charge in [-0.05, 0) is 40.5 Å². The Morgan fingerprint density at radius 3 is 2.25 bits per heavy atom. The van der Waals surface area contributed by atoms with Gasteiger partial charge in [0.25, 0.3) is 0 Å². The average molecular weight is 253 g/mol. The molecular weight excluding hydrogens is 233 g/mol. The van der Waals surface area contributed by atoms with Crippen LogP contribution in [0.2, 0.25) is 0 Å². The van der Waals surface area contributed by atoms with Gasteiger partial charge < -0.3 is 15.0 Å². The number of phosphoric acid groups is 1. The summed E-state index contributed by atoms with van der Waals surface area (Å²) in [6.07, 6.45) is 0.422. The molecule has 0 aliphatic carbocycles. The third-order valence-electron chi connectivity index (χ3n) is 3.19. The summed E-state index contributed by atoms with van der Waals surface area (Å²) in [4.78, 5) is 17.6. The highest BCUT2D eigenvalue weighted by Crippen LogP contribution is 2.46. The third kappa shape index (κ3) is 2.83.